The third kappa shape index (κ3) is 3.81. The van der Waals surface area contributed by atoms with Crippen LogP contribution in [0.4, 0.5) is 4.39 Å². The Bertz CT molecular complexity index is 662. The van der Waals surface area contributed by atoms with E-state index >= 15 is 0 Å². The van der Waals surface area contributed by atoms with Gasteiger partial charge in [-0.3, -0.25) is 9.59 Å². The summed E-state index contributed by atoms with van der Waals surface area (Å²) >= 11 is 0. The van der Waals surface area contributed by atoms with Gasteiger partial charge in [0.05, 0.1) is 19.4 Å². The molecule has 0 bridgehead atoms. The summed E-state index contributed by atoms with van der Waals surface area (Å²) < 4.78 is 18.5. The number of halogens is 1. The Morgan fingerprint density at radius 1 is 1.25 bits per heavy atom. The summed E-state index contributed by atoms with van der Waals surface area (Å²) in [6.45, 7) is -0.163. The predicted octanol–water partition coefficient (Wildman–Crippen LogP) is 1.15. The lowest BCUT2D eigenvalue weighted by Gasteiger charge is -2.36. The molecule has 0 saturated carbocycles. The molecule has 1 fully saturated rings. The molecule has 0 unspecified atom stereocenters. The Hall–Kier alpha value is -2.64. The summed E-state index contributed by atoms with van der Waals surface area (Å²) in [6, 6.07) is 2.97. The molecule has 1 aromatic rings. The van der Waals surface area contributed by atoms with Gasteiger partial charge in [0.15, 0.2) is 11.6 Å². The third-order valence-corrected chi connectivity index (χ3v) is 4.11. The zero-order valence-corrected chi connectivity index (χ0v) is 13.1. The van der Waals surface area contributed by atoms with Gasteiger partial charge < -0.3 is 19.8 Å². The molecule has 130 valence electrons. The normalized spacial score (nSPS) is 20.5. The van der Waals surface area contributed by atoms with Crippen LogP contribution in [0.5, 0.6) is 5.75 Å². The van der Waals surface area contributed by atoms with Gasteiger partial charge in [-0.15, -0.1) is 0 Å². The van der Waals surface area contributed by atoms with Gasteiger partial charge in [-0.2, -0.15) is 0 Å². The van der Waals surface area contributed by atoms with Crippen LogP contribution >= 0.6 is 0 Å². The molecule has 0 spiro atoms. The number of carboxylic acids is 2. The molecule has 8 heteroatoms. The monoisotopic (exact) mass is 339 g/mol. The standard InChI is InChI=1S/C16H18FNO6/c1-24-13-5-2-9(6-11(13)17)7-14(19)18-8-10(15(20)21)3-4-12(18)16(22)23/h2,5-6,10,12H,3-4,7-8H2,1H3,(H,20,21)(H,22,23)/t10-,12-/m1/s1. The number of amides is 1. The number of rotatable bonds is 5. The van der Waals surface area contributed by atoms with E-state index in [2.05, 4.69) is 0 Å². The highest BCUT2D eigenvalue weighted by Gasteiger charge is 2.38. The van der Waals surface area contributed by atoms with E-state index in [4.69, 9.17) is 9.84 Å². The molecule has 2 N–H and O–H groups in total. The SMILES string of the molecule is COc1ccc(CC(=O)N2C[C@H](C(=O)O)CC[C@@H]2C(=O)O)cc1F. The fraction of sp³-hybridized carbons (Fsp3) is 0.438. The Kier molecular flexibility index (Phi) is 5.38. The number of likely N-dealkylation sites (tertiary alicyclic amines) is 1. The number of carbonyl (C=O) groups is 3. The molecule has 0 aliphatic carbocycles. The molecule has 1 aliphatic rings. The van der Waals surface area contributed by atoms with Gasteiger partial charge in [0, 0.05) is 6.54 Å². The van der Waals surface area contributed by atoms with Crippen molar-refractivity contribution in [3.63, 3.8) is 0 Å². The number of piperidine rings is 1. The molecule has 1 heterocycles. The average molecular weight is 339 g/mol. The van der Waals surface area contributed by atoms with E-state index in [9.17, 15) is 23.9 Å². The van der Waals surface area contributed by atoms with Crippen molar-refractivity contribution in [3.05, 3.63) is 29.6 Å². The summed E-state index contributed by atoms with van der Waals surface area (Å²) in [5.41, 5.74) is 0.361. The van der Waals surface area contributed by atoms with Crippen LogP contribution in [0, 0.1) is 11.7 Å². The van der Waals surface area contributed by atoms with E-state index in [1.165, 1.54) is 19.2 Å². The highest BCUT2D eigenvalue weighted by Crippen LogP contribution is 2.24. The maximum Gasteiger partial charge on any atom is 0.326 e. The Morgan fingerprint density at radius 2 is 1.96 bits per heavy atom. The highest BCUT2D eigenvalue weighted by atomic mass is 19.1. The molecule has 0 radical (unpaired) electrons. The second-order valence-corrected chi connectivity index (χ2v) is 5.66. The van der Waals surface area contributed by atoms with Crippen molar-refractivity contribution >= 4 is 17.8 Å². The Morgan fingerprint density at radius 3 is 2.50 bits per heavy atom. The fourth-order valence-corrected chi connectivity index (χ4v) is 2.80. The lowest BCUT2D eigenvalue weighted by molar-refractivity contribution is -0.157. The summed E-state index contributed by atoms with van der Waals surface area (Å²) in [7, 11) is 1.32. The number of hydrogen-bond donors (Lipinski definition) is 2. The van der Waals surface area contributed by atoms with Gasteiger partial charge in [0.1, 0.15) is 6.04 Å². The lowest BCUT2D eigenvalue weighted by Crippen LogP contribution is -2.52. The fourth-order valence-electron chi connectivity index (χ4n) is 2.80. The van der Waals surface area contributed by atoms with Crippen LogP contribution in [0.25, 0.3) is 0 Å². The number of hydrogen-bond acceptors (Lipinski definition) is 4. The Labute approximate surface area is 137 Å². The first-order valence-electron chi connectivity index (χ1n) is 7.41. The van der Waals surface area contributed by atoms with Crippen LogP contribution in [0.1, 0.15) is 18.4 Å². The summed E-state index contributed by atoms with van der Waals surface area (Å²) in [6.07, 6.45) is 0.0687. The molecule has 2 atom stereocenters. The van der Waals surface area contributed by atoms with Crippen LogP contribution < -0.4 is 4.74 Å². The number of carbonyl (C=O) groups excluding carboxylic acids is 1. The first kappa shape index (κ1) is 17.7. The summed E-state index contributed by atoms with van der Waals surface area (Å²) in [5.74, 6) is -4.16. The van der Waals surface area contributed by atoms with Crippen LogP contribution in [-0.2, 0) is 20.8 Å². The molecule has 1 amide bonds. The third-order valence-electron chi connectivity index (χ3n) is 4.11. The largest absolute Gasteiger partial charge is 0.494 e. The molecule has 2 rings (SSSR count). The summed E-state index contributed by atoms with van der Waals surface area (Å²) in [5, 5.41) is 18.3. The number of methoxy groups -OCH3 is 1. The van der Waals surface area contributed by atoms with Gasteiger partial charge in [0.25, 0.3) is 0 Å². The van der Waals surface area contributed by atoms with Gasteiger partial charge in [-0.1, -0.05) is 6.07 Å². The van der Waals surface area contributed by atoms with E-state index in [-0.39, 0.29) is 31.6 Å². The van der Waals surface area contributed by atoms with Crippen molar-refractivity contribution < 1.29 is 33.7 Å². The van der Waals surface area contributed by atoms with E-state index in [1.54, 1.807) is 0 Å². The van der Waals surface area contributed by atoms with Crippen molar-refractivity contribution in [2.24, 2.45) is 5.92 Å². The van der Waals surface area contributed by atoms with E-state index < -0.39 is 35.6 Å². The smallest absolute Gasteiger partial charge is 0.326 e. The van der Waals surface area contributed by atoms with E-state index in [1.807, 2.05) is 0 Å². The minimum Gasteiger partial charge on any atom is -0.494 e. The number of ether oxygens (including phenoxy) is 1. The maximum atomic E-state index is 13.7. The van der Waals surface area contributed by atoms with Gasteiger partial charge in [0.2, 0.25) is 5.91 Å². The zero-order chi connectivity index (χ0) is 17.9. The molecule has 1 aromatic carbocycles. The second-order valence-electron chi connectivity index (χ2n) is 5.66. The van der Waals surface area contributed by atoms with E-state index in [0.29, 0.717) is 5.56 Å². The van der Waals surface area contributed by atoms with Crippen molar-refractivity contribution in [2.75, 3.05) is 13.7 Å². The molecule has 24 heavy (non-hydrogen) atoms. The van der Waals surface area contributed by atoms with E-state index in [0.717, 1.165) is 11.0 Å². The lowest BCUT2D eigenvalue weighted by atomic mass is 9.92. The van der Waals surface area contributed by atoms with Gasteiger partial charge >= 0.3 is 11.9 Å². The van der Waals surface area contributed by atoms with Crippen molar-refractivity contribution in [2.45, 2.75) is 25.3 Å². The van der Waals surface area contributed by atoms with Gasteiger partial charge in [-0.05, 0) is 30.5 Å². The first-order chi connectivity index (χ1) is 11.3. The molecule has 0 aromatic heterocycles. The maximum absolute atomic E-state index is 13.7. The number of nitrogens with zero attached hydrogens (tertiary/aromatic N) is 1. The van der Waals surface area contributed by atoms with Crippen LogP contribution in [0.2, 0.25) is 0 Å². The van der Waals surface area contributed by atoms with Gasteiger partial charge in [-0.25, -0.2) is 9.18 Å². The van der Waals surface area contributed by atoms with Crippen LogP contribution in [-0.4, -0.2) is 52.7 Å². The first-order valence-corrected chi connectivity index (χ1v) is 7.41. The summed E-state index contributed by atoms with van der Waals surface area (Å²) in [4.78, 5) is 35.9. The molecule has 7 nitrogen and oxygen atoms in total. The topological polar surface area (TPSA) is 104 Å². The molecular weight excluding hydrogens is 321 g/mol. The van der Waals surface area contributed by atoms with Crippen LogP contribution in [0.3, 0.4) is 0 Å². The zero-order valence-electron chi connectivity index (χ0n) is 13.1. The van der Waals surface area contributed by atoms with Crippen LogP contribution in [0.15, 0.2) is 18.2 Å². The number of carboxylic acid groups (broad SMARTS) is 2. The van der Waals surface area contributed by atoms with Crippen molar-refractivity contribution in [1.29, 1.82) is 0 Å². The molecular formula is C16H18FNO6. The number of aliphatic carboxylic acids is 2. The van der Waals surface area contributed by atoms with Crippen molar-refractivity contribution in [1.82, 2.24) is 4.90 Å². The molecule has 1 saturated heterocycles. The minimum atomic E-state index is -1.17. The number of benzene rings is 1. The minimum absolute atomic E-state index is 0.0403. The molecule has 1 aliphatic heterocycles. The second kappa shape index (κ2) is 7.29. The Balaban J connectivity index is 2.16. The quantitative estimate of drug-likeness (QED) is 0.834. The van der Waals surface area contributed by atoms with Crippen molar-refractivity contribution in [3.8, 4) is 5.75 Å². The highest BCUT2D eigenvalue weighted by molar-refractivity contribution is 5.86. The predicted molar refractivity (Wildman–Crippen MR) is 80.2 cm³/mol. The average Bonchev–Trinajstić information content (AvgIpc) is 2.54.